The monoisotopic (exact) mass is 393 g/mol. The molecule has 1 unspecified atom stereocenters. The Labute approximate surface area is 168 Å². The highest BCUT2D eigenvalue weighted by atomic mass is 32.1. The van der Waals surface area contributed by atoms with Gasteiger partial charge in [-0.05, 0) is 49.6 Å². The van der Waals surface area contributed by atoms with E-state index < -0.39 is 5.92 Å². The molecule has 0 aliphatic carbocycles. The average molecular weight is 394 g/mol. The molecule has 5 nitrogen and oxygen atoms in total. The van der Waals surface area contributed by atoms with E-state index in [0.29, 0.717) is 10.7 Å². The smallest absolute Gasteiger partial charge is 0.226 e. The molecule has 0 bridgehead atoms. The van der Waals surface area contributed by atoms with Crippen molar-refractivity contribution in [3.8, 4) is 5.69 Å². The van der Waals surface area contributed by atoms with Gasteiger partial charge in [0.1, 0.15) is 5.82 Å². The number of benzene rings is 1. The van der Waals surface area contributed by atoms with E-state index in [4.69, 9.17) is 0 Å². The summed E-state index contributed by atoms with van der Waals surface area (Å²) in [5.74, 6) is -0.0198. The number of carbonyl (C=O) groups is 2. The Balaban J connectivity index is 1.77. The second kappa shape index (κ2) is 7.36. The minimum Gasteiger partial charge on any atom is -0.310 e. The molecule has 0 fully saturated rings. The molecule has 3 heterocycles. The predicted octanol–water partition coefficient (Wildman–Crippen LogP) is 4.68. The van der Waals surface area contributed by atoms with Crippen LogP contribution in [0.25, 0.3) is 5.69 Å². The lowest BCUT2D eigenvalue weighted by Crippen LogP contribution is -2.28. The maximum atomic E-state index is 13.2. The minimum absolute atomic E-state index is 0.00443. The average Bonchev–Trinajstić information content (AvgIpc) is 3.32. The summed E-state index contributed by atoms with van der Waals surface area (Å²) >= 11 is 1.52. The van der Waals surface area contributed by atoms with Crippen molar-refractivity contribution in [2.75, 3.05) is 5.32 Å². The molecule has 0 saturated heterocycles. The van der Waals surface area contributed by atoms with Crippen LogP contribution in [0.1, 0.15) is 57.6 Å². The van der Waals surface area contributed by atoms with E-state index in [2.05, 4.69) is 36.4 Å². The summed E-state index contributed by atoms with van der Waals surface area (Å²) in [7, 11) is 0. The third-order valence-corrected chi connectivity index (χ3v) is 6.51. The predicted molar refractivity (Wildman–Crippen MR) is 112 cm³/mol. The molecule has 3 aromatic rings. The maximum absolute atomic E-state index is 13.2. The van der Waals surface area contributed by atoms with E-state index >= 15 is 0 Å². The summed E-state index contributed by atoms with van der Waals surface area (Å²) in [6.07, 6.45) is 2.02. The number of rotatable bonds is 5. The molecule has 1 aromatic carbocycles. The van der Waals surface area contributed by atoms with Crippen LogP contribution in [0.2, 0.25) is 0 Å². The van der Waals surface area contributed by atoms with Crippen molar-refractivity contribution in [3.63, 3.8) is 0 Å². The molecular weight excluding hydrogens is 370 g/mol. The summed E-state index contributed by atoms with van der Waals surface area (Å²) in [6, 6.07) is 12.0. The van der Waals surface area contributed by atoms with Crippen molar-refractivity contribution in [3.05, 3.63) is 63.0 Å². The number of anilines is 1. The minimum atomic E-state index is -0.490. The first-order valence-electron chi connectivity index (χ1n) is 9.63. The fourth-order valence-electron chi connectivity index (χ4n) is 3.70. The van der Waals surface area contributed by atoms with E-state index in [1.165, 1.54) is 21.8 Å². The summed E-state index contributed by atoms with van der Waals surface area (Å²) in [5, 5.41) is 7.60. The standard InChI is InChI=1S/C22H23N3O2S/c1-4-14-6-8-15(9-7-14)25-22-20(13(3)24-25)17(12-19(26)23-22)21(27)18-11-10-16(5-2)28-18/h6-11,17H,4-5,12H2,1-3H3,(H,23,26). The van der Waals surface area contributed by atoms with Gasteiger partial charge in [0.05, 0.1) is 22.2 Å². The lowest BCUT2D eigenvalue weighted by Gasteiger charge is -2.22. The van der Waals surface area contributed by atoms with Crippen LogP contribution in [0.4, 0.5) is 5.82 Å². The van der Waals surface area contributed by atoms with Gasteiger partial charge in [0.25, 0.3) is 0 Å². The first-order valence-corrected chi connectivity index (χ1v) is 10.4. The molecule has 1 aliphatic rings. The number of aryl methyl sites for hydroxylation is 3. The normalized spacial score (nSPS) is 16.0. The van der Waals surface area contributed by atoms with Crippen molar-refractivity contribution in [2.24, 2.45) is 0 Å². The SMILES string of the molecule is CCc1ccc(-n2nc(C)c3c2NC(=O)CC3C(=O)c2ccc(CC)s2)cc1. The van der Waals surface area contributed by atoms with Crippen LogP contribution in [0.5, 0.6) is 0 Å². The van der Waals surface area contributed by atoms with Gasteiger partial charge in [0.15, 0.2) is 5.78 Å². The molecule has 0 spiro atoms. The van der Waals surface area contributed by atoms with E-state index in [1.54, 1.807) is 4.68 Å². The van der Waals surface area contributed by atoms with E-state index in [0.717, 1.165) is 29.8 Å². The number of hydrogen-bond acceptors (Lipinski definition) is 4. The number of thiophene rings is 1. The molecule has 1 amide bonds. The third kappa shape index (κ3) is 3.18. The molecule has 0 radical (unpaired) electrons. The first-order chi connectivity index (χ1) is 13.5. The van der Waals surface area contributed by atoms with Gasteiger partial charge in [-0.1, -0.05) is 26.0 Å². The lowest BCUT2D eigenvalue weighted by molar-refractivity contribution is -0.116. The zero-order valence-corrected chi connectivity index (χ0v) is 17.1. The van der Waals surface area contributed by atoms with Crippen molar-refractivity contribution in [1.29, 1.82) is 0 Å². The second-order valence-corrected chi connectivity index (χ2v) is 8.24. The molecule has 1 N–H and O–H groups in total. The number of aromatic nitrogens is 2. The number of ketones is 1. The quantitative estimate of drug-likeness (QED) is 0.641. The molecule has 1 aliphatic heterocycles. The number of Topliss-reactive ketones (excluding diaryl/α,β-unsaturated/α-hetero) is 1. The van der Waals surface area contributed by atoms with Crippen molar-refractivity contribution >= 4 is 28.8 Å². The number of nitrogens with one attached hydrogen (secondary N) is 1. The Morgan fingerprint density at radius 1 is 1.18 bits per heavy atom. The molecule has 0 saturated carbocycles. The van der Waals surface area contributed by atoms with Crippen LogP contribution in [0.3, 0.4) is 0 Å². The van der Waals surface area contributed by atoms with Crippen LogP contribution >= 0.6 is 11.3 Å². The van der Waals surface area contributed by atoms with Crippen LogP contribution in [0, 0.1) is 6.92 Å². The van der Waals surface area contributed by atoms with Crippen molar-refractivity contribution in [2.45, 2.75) is 46.0 Å². The molecular formula is C22H23N3O2S. The number of hydrogen-bond donors (Lipinski definition) is 1. The largest absolute Gasteiger partial charge is 0.310 e. The molecule has 4 rings (SSSR count). The summed E-state index contributed by atoms with van der Waals surface area (Å²) in [5.41, 5.74) is 3.72. The highest BCUT2D eigenvalue weighted by molar-refractivity contribution is 7.14. The Morgan fingerprint density at radius 2 is 1.93 bits per heavy atom. The zero-order chi connectivity index (χ0) is 19.8. The zero-order valence-electron chi connectivity index (χ0n) is 16.3. The highest BCUT2D eigenvalue weighted by Gasteiger charge is 2.36. The Kier molecular flexibility index (Phi) is 4.89. The van der Waals surface area contributed by atoms with E-state index in [9.17, 15) is 9.59 Å². The summed E-state index contributed by atoms with van der Waals surface area (Å²) in [4.78, 5) is 27.5. The van der Waals surface area contributed by atoms with E-state index in [1.807, 2.05) is 31.2 Å². The van der Waals surface area contributed by atoms with Crippen molar-refractivity contribution in [1.82, 2.24) is 9.78 Å². The molecule has 2 aromatic heterocycles. The van der Waals surface area contributed by atoms with Crippen LogP contribution in [0.15, 0.2) is 36.4 Å². The Bertz CT molecular complexity index is 1050. The van der Waals surface area contributed by atoms with Crippen LogP contribution in [-0.4, -0.2) is 21.5 Å². The van der Waals surface area contributed by atoms with Gasteiger partial charge < -0.3 is 5.32 Å². The van der Waals surface area contributed by atoms with Crippen LogP contribution < -0.4 is 5.32 Å². The van der Waals surface area contributed by atoms with Crippen molar-refractivity contribution < 1.29 is 9.59 Å². The molecule has 1 atom stereocenters. The molecule has 28 heavy (non-hydrogen) atoms. The Hall–Kier alpha value is -2.73. The van der Waals surface area contributed by atoms with Gasteiger partial charge in [-0.3, -0.25) is 9.59 Å². The van der Waals surface area contributed by atoms with Gasteiger partial charge in [0.2, 0.25) is 5.91 Å². The number of fused-ring (bicyclic) bond motifs is 1. The topological polar surface area (TPSA) is 64.0 Å². The van der Waals surface area contributed by atoms with Gasteiger partial charge in [-0.25, -0.2) is 4.68 Å². The Morgan fingerprint density at radius 3 is 2.57 bits per heavy atom. The molecule has 6 heteroatoms. The molecule has 144 valence electrons. The fraction of sp³-hybridized carbons (Fsp3) is 0.318. The third-order valence-electron chi connectivity index (χ3n) is 5.26. The first kappa shape index (κ1) is 18.6. The number of carbonyl (C=O) groups excluding carboxylic acids is 2. The summed E-state index contributed by atoms with van der Waals surface area (Å²) in [6.45, 7) is 6.09. The maximum Gasteiger partial charge on any atom is 0.226 e. The van der Waals surface area contributed by atoms with E-state index in [-0.39, 0.29) is 18.1 Å². The van der Waals surface area contributed by atoms with Gasteiger partial charge in [-0.2, -0.15) is 5.10 Å². The summed E-state index contributed by atoms with van der Waals surface area (Å²) < 4.78 is 1.74. The number of nitrogens with zero attached hydrogens (tertiary/aromatic N) is 2. The van der Waals surface area contributed by atoms with Crippen LogP contribution in [-0.2, 0) is 17.6 Å². The van der Waals surface area contributed by atoms with Gasteiger partial charge in [-0.15, -0.1) is 11.3 Å². The fourth-order valence-corrected chi connectivity index (χ4v) is 4.64. The number of amides is 1. The van der Waals surface area contributed by atoms with Gasteiger partial charge in [0, 0.05) is 16.9 Å². The van der Waals surface area contributed by atoms with Gasteiger partial charge >= 0.3 is 0 Å². The lowest BCUT2D eigenvalue weighted by atomic mass is 9.87. The second-order valence-electron chi connectivity index (χ2n) is 7.07. The highest BCUT2D eigenvalue weighted by Crippen LogP contribution is 2.39.